The fourth-order valence-electron chi connectivity index (χ4n) is 11.0. The lowest BCUT2D eigenvalue weighted by molar-refractivity contribution is 0.754. The van der Waals surface area contributed by atoms with E-state index in [1.807, 2.05) is 0 Å². The number of hydrogen-bond donors (Lipinski definition) is 0. The summed E-state index contributed by atoms with van der Waals surface area (Å²) >= 11 is 0. The minimum absolute atomic E-state index is 0.597. The van der Waals surface area contributed by atoms with Gasteiger partial charge in [-0.05, 0) is 112 Å². The minimum Gasteiger partial charge on any atom is -0.309 e. The van der Waals surface area contributed by atoms with Crippen molar-refractivity contribution in [2.75, 3.05) is 4.90 Å². The van der Waals surface area contributed by atoms with Gasteiger partial charge in [0, 0.05) is 22.3 Å². The lowest BCUT2D eigenvalue weighted by Gasteiger charge is -2.46. The second-order valence-corrected chi connectivity index (χ2v) is 16.4. The van der Waals surface area contributed by atoms with Gasteiger partial charge < -0.3 is 4.90 Å². The summed E-state index contributed by atoms with van der Waals surface area (Å²) in [7, 11) is 0. The Morgan fingerprint density at radius 2 is 0.783 bits per heavy atom. The average Bonchev–Trinajstić information content (AvgIpc) is 3.32. The third-order valence-electron chi connectivity index (χ3n) is 13.4. The van der Waals surface area contributed by atoms with E-state index in [0.717, 1.165) is 11.4 Å². The molecular weight excluding hydrogens is 723 g/mol. The zero-order valence-electron chi connectivity index (χ0n) is 32.8. The molecule has 0 amide bonds. The zero-order valence-corrected chi connectivity index (χ0v) is 32.8. The Bertz CT molecular complexity index is 3540. The topological polar surface area (TPSA) is 3.24 Å². The zero-order chi connectivity index (χ0) is 39.4. The molecule has 0 N–H and O–H groups in total. The van der Waals surface area contributed by atoms with Crippen LogP contribution in [0.1, 0.15) is 22.3 Å². The van der Waals surface area contributed by atoms with Gasteiger partial charge in [0.1, 0.15) is 0 Å². The van der Waals surface area contributed by atoms with Crippen molar-refractivity contribution >= 4 is 60.2 Å². The summed E-state index contributed by atoms with van der Waals surface area (Å²) in [5.41, 5.74) is 15.6. The number of nitrogens with zero attached hydrogens (tertiary/aromatic N) is 1. The predicted molar refractivity (Wildman–Crippen MR) is 253 cm³/mol. The van der Waals surface area contributed by atoms with E-state index in [2.05, 4.69) is 229 Å². The molecule has 278 valence electrons. The maximum atomic E-state index is 2.54. The van der Waals surface area contributed by atoms with Crippen molar-refractivity contribution in [1.29, 1.82) is 0 Å². The van der Waals surface area contributed by atoms with E-state index in [9.17, 15) is 0 Å². The van der Waals surface area contributed by atoms with Crippen molar-refractivity contribution in [2.45, 2.75) is 5.41 Å². The molecule has 0 aromatic heterocycles. The van der Waals surface area contributed by atoms with Crippen molar-refractivity contribution in [3.63, 3.8) is 0 Å². The van der Waals surface area contributed by atoms with E-state index in [-0.39, 0.29) is 0 Å². The molecule has 1 heteroatoms. The molecule has 0 bridgehead atoms. The van der Waals surface area contributed by atoms with Gasteiger partial charge in [0.2, 0.25) is 0 Å². The smallest absolute Gasteiger partial charge is 0.0726 e. The molecule has 1 unspecified atom stereocenters. The molecule has 11 aromatic rings. The average molecular weight is 760 g/mol. The highest BCUT2D eigenvalue weighted by atomic mass is 15.1. The van der Waals surface area contributed by atoms with Gasteiger partial charge in [-0.1, -0.05) is 200 Å². The van der Waals surface area contributed by atoms with E-state index in [4.69, 9.17) is 0 Å². The van der Waals surface area contributed by atoms with Gasteiger partial charge in [-0.2, -0.15) is 0 Å². The summed E-state index contributed by atoms with van der Waals surface area (Å²) < 4.78 is 0. The van der Waals surface area contributed by atoms with Gasteiger partial charge in [-0.15, -0.1) is 0 Å². The molecule has 0 radical (unpaired) electrons. The maximum Gasteiger partial charge on any atom is 0.0726 e. The first-order valence-corrected chi connectivity index (χ1v) is 20.9. The van der Waals surface area contributed by atoms with Crippen LogP contribution in [0.5, 0.6) is 0 Å². The van der Waals surface area contributed by atoms with Crippen LogP contribution in [0, 0.1) is 0 Å². The molecule has 0 aliphatic heterocycles. The summed E-state index contributed by atoms with van der Waals surface area (Å²) in [5.74, 6) is 0. The highest BCUT2D eigenvalue weighted by Gasteiger charge is 2.48. The van der Waals surface area contributed by atoms with Gasteiger partial charge in [0.25, 0.3) is 0 Å². The Hall–Kier alpha value is -7.74. The Balaban J connectivity index is 1.20. The van der Waals surface area contributed by atoms with Crippen LogP contribution < -0.4 is 4.90 Å². The van der Waals surface area contributed by atoms with Gasteiger partial charge in [-0.3, -0.25) is 0 Å². The van der Waals surface area contributed by atoms with Gasteiger partial charge >= 0.3 is 0 Å². The molecule has 13 rings (SSSR count). The standard InChI is InChI=1S/C59H37N/c1-2-15-39(16-3-1)47-34-31-40-17-6-7-23-46(40)58(47)60(44-32-30-38-14-4-5-18-43(38)36-44)45-33-35-49-51-26-11-20-42-22-13-29-54(57(42)51)59(55(49)37-45)52-27-9-8-24-48(52)50-25-10-19-41-21-12-28-53(59)56(41)50/h1-37H. The molecule has 2 aliphatic rings. The second-order valence-electron chi connectivity index (χ2n) is 16.4. The Kier molecular flexibility index (Phi) is 7.00. The highest BCUT2D eigenvalue weighted by Crippen LogP contribution is 2.62. The van der Waals surface area contributed by atoms with Crippen molar-refractivity contribution in [2.24, 2.45) is 0 Å². The van der Waals surface area contributed by atoms with Gasteiger partial charge in [0.05, 0.1) is 11.1 Å². The van der Waals surface area contributed by atoms with Crippen LogP contribution in [0.2, 0.25) is 0 Å². The number of fused-ring (bicyclic) bond motifs is 10. The molecule has 0 saturated heterocycles. The Labute approximate surface area is 349 Å². The largest absolute Gasteiger partial charge is 0.309 e. The first-order chi connectivity index (χ1) is 29.8. The third-order valence-corrected chi connectivity index (χ3v) is 13.4. The predicted octanol–water partition coefficient (Wildman–Crippen LogP) is 15.8. The van der Waals surface area contributed by atoms with Crippen molar-refractivity contribution in [3.8, 4) is 33.4 Å². The Morgan fingerprint density at radius 1 is 0.283 bits per heavy atom. The fraction of sp³-hybridized carbons (Fsp3) is 0.0169. The van der Waals surface area contributed by atoms with E-state index < -0.39 is 5.41 Å². The molecular formula is C59H37N. The van der Waals surface area contributed by atoms with Crippen LogP contribution in [0.3, 0.4) is 0 Å². The van der Waals surface area contributed by atoms with Crippen molar-refractivity contribution < 1.29 is 0 Å². The van der Waals surface area contributed by atoms with Crippen molar-refractivity contribution in [1.82, 2.24) is 0 Å². The molecule has 60 heavy (non-hydrogen) atoms. The minimum atomic E-state index is -0.597. The van der Waals surface area contributed by atoms with Gasteiger partial charge in [-0.25, -0.2) is 0 Å². The van der Waals surface area contributed by atoms with Crippen LogP contribution in [-0.2, 0) is 5.41 Å². The van der Waals surface area contributed by atoms with Crippen LogP contribution in [0.4, 0.5) is 17.1 Å². The number of rotatable bonds is 4. The monoisotopic (exact) mass is 759 g/mol. The highest BCUT2D eigenvalue weighted by molar-refractivity contribution is 6.12. The van der Waals surface area contributed by atoms with Crippen LogP contribution in [-0.4, -0.2) is 0 Å². The SMILES string of the molecule is c1ccc(-c2ccc3ccccc3c2N(c2ccc3c(c2)C2(c4ccccc4-c4cccc5cccc2c45)c2cccc4cccc-3c24)c2ccc3ccccc3c2)cc1. The lowest BCUT2D eigenvalue weighted by Crippen LogP contribution is -2.36. The maximum absolute atomic E-state index is 2.54. The van der Waals surface area contributed by atoms with E-state index in [1.165, 1.54) is 104 Å². The molecule has 11 aromatic carbocycles. The first-order valence-electron chi connectivity index (χ1n) is 20.9. The molecule has 0 saturated carbocycles. The second kappa shape index (κ2) is 12.6. The fourth-order valence-corrected chi connectivity index (χ4v) is 11.0. The summed E-state index contributed by atoms with van der Waals surface area (Å²) in [6.07, 6.45) is 0. The molecule has 1 nitrogen and oxygen atoms in total. The molecule has 0 fully saturated rings. The summed E-state index contributed by atoms with van der Waals surface area (Å²) in [6, 6.07) is 84.1. The molecule has 1 atom stereocenters. The van der Waals surface area contributed by atoms with E-state index in [0.29, 0.717) is 0 Å². The molecule has 0 heterocycles. The molecule has 1 spiro atoms. The Morgan fingerprint density at radius 3 is 1.53 bits per heavy atom. The summed E-state index contributed by atoms with van der Waals surface area (Å²) in [4.78, 5) is 2.54. The quantitative estimate of drug-likeness (QED) is 0.173. The van der Waals surface area contributed by atoms with Crippen LogP contribution in [0.15, 0.2) is 224 Å². The van der Waals surface area contributed by atoms with Crippen molar-refractivity contribution in [3.05, 3.63) is 247 Å². The first kappa shape index (κ1) is 33.3. The number of anilines is 3. The number of hydrogen-bond acceptors (Lipinski definition) is 1. The van der Waals surface area contributed by atoms with Gasteiger partial charge in [0.15, 0.2) is 0 Å². The summed E-state index contributed by atoms with van der Waals surface area (Å²) in [6.45, 7) is 0. The van der Waals surface area contributed by atoms with E-state index in [1.54, 1.807) is 0 Å². The van der Waals surface area contributed by atoms with E-state index >= 15 is 0 Å². The normalized spacial score (nSPS) is 14.7. The van der Waals surface area contributed by atoms with Crippen LogP contribution in [0.25, 0.3) is 76.5 Å². The lowest BCUT2D eigenvalue weighted by atomic mass is 9.55. The van der Waals surface area contributed by atoms with Crippen LogP contribution >= 0.6 is 0 Å². The molecule has 2 aliphatic carbocycles. The number of benzene rings is 11. The summed E-state index contributed by atoms with van der Waals surface area (Å²) in [5, 5.41) is 10.0. The third kappa shape index (κ3) is 4.52.